The van der Waals surface area contributed by atoms with E-state index in [1.165, 1.54) is 40.2 Å². The molecule has 1 fully saturated rings. The van der Waals surface area contributed by atoms with Crippen molar-refractivity contribution in [2.24, 2.45) is 0 Å². The first-order chi connectivity index (χ1) is 16.7. The van der Waals surface area contributed by atoms with E-state index in [0.29, 0.717) is 22.2 Å². The van der Waals surface area contributed by atoms with E-state index in [1.54, 1.807) is 47.6 Å². The molecule has 2 aromatic heterocycles. The van der Waals surface area contributed by atoms with Crippen LogP contribution < -0.4 is 0 Å². The predicted octanol–water partition coefficient (Wildman–Crippen LogP) is 6.89. The number of hydrogen-bond donors (Lipinski definition) is 0. The van der Waals surface area contributed by atoms with Crippen LogP contribution in [-0.4, -0.2) is 52.1 Å². The molecule has 36 heavy (non-hydrogen) atoms. The standard InChI is InChI=1S/C27H32F2N2O5/c1-26(2,3)35-24(32)30-11-9-20(29)19(14-30)22-18-8-7-17(28)13-21(18)31(25(33)36-27(4,5)6)23(22)16-10-12-34-15-16/h7-8,10,12-13,15,19-20H,9,11,14H2,1-6H3. The fourth-order valence-corrected chi connectivity index (χ4v) is 4.53. The molecule has 2 unspecified atom stereocenters. The Morgan fingerprint density at radius 1 is 1.03 bits per heavy atom. The molecule has 0 saturated carbocycles. The van der Waals surface area contributed by atoms with Crippen LogP contribution in [0.1, 0.15) is 59.4 Å². The first kappa shape index (κ1) is 25.7. The lowest BCUT2D eigenvalue weighted by Gasteiger charge is -2.36. The Labute approximate surface area is 208 Å². The molecule has 1 saturated heterocycles. The Kier molecular flexibility index (Phi) is 6.62. The quantitative estimate of drug-likeness (QED) is 0.382. The third-order valence-corrected chi connectivity index (χ3v) is 5.89. The summed E-state index contributed by atoms with van der Waals surface area (Å²) in [6.45, 7) is 10.7. The molecule has 0 radical (unpaired) electrons. The van der Waals surface area contributed by atoms with Crippen LogP contribution in [0.25, 0.3) is 22.2 Å². The van der Waals surface area contributed by atoms with Gasteiger partial charge in [0.05, 0.1) is 23.7 Å². The van der Waals surface area contributed by atoms with Gasteiger partial charge in [0.15, 0.2) is 0 Å². The van der Waals surface area contributed by atoms with Crippen LogP contribution in [0.15, 0.2) is 41.2 Å². The number of rotatable bonds is 2. The number of nitrogens with zero attached hydrogens (tertiary/aromatic N) is 2. The van der Waals surface area contributed by atoms with Gasteiger partial charge in [-0.3, -0.25) is 0 Å². The zero-order valence-corrected chi connectivity index (χ0v) is 21.4. The largest absolute Gasteiger partial charge is 0.472 e. The second kappa shape index (κ2) is 9.26. The number of fused-ring (bicyclic) bond motifs is 1. The minimum Gasteiger partial charge on any atom is -0.472 e. The number of carbonyl (C=O) groups excluding carboxylic acids is 2. The van der Waals surface area contributed by atoms with E-state index < -0.39 is 41.3 Å². The summed E-state index contributed by atoms with van der Waals surface area (Å²) in [6, 6.07) is 5.68. The normalized spacial score (nSPS) is 18.9. The minimum absolute atomic E-state index is 0.0335. The zero-order valence-electron chi connectivity index (χ0n) is 21.4. The van der Waals surface area contributed by atoms with Gasteiger partial charge in [-0.15, -0.1) is 0 Å². The van der Waals surface area contributed by atoms with E-state index in [1.807, 2.05) is 0 Å². The van der Waals surface area contributed by atoms with E-state index in [9.17, 15) is 14.0 Å². The highest BCUT2D eigenvalue weighted by Crippen LogP contribution is 2.43. The fraction of sp³-hybridized carbons (Fsp3) is 0.481. The van der Waals surface area contributed by atoms with Gasteiger partial charge in [-0.25, -0.2) is 22.9 Å². The summed E-state index contributed by atoms with van der Waals surface area (Å²) in [5, 5.41) is 0.497. The lowest BCUT2D eigenvalue weighted by Crippen LogP contribution is -2.45. The molecule has 0 spiro atoms. The van der Waals surface area contributed by atoms with Crippen molar-refractivity contribution in [1.29, 1.82) is 0 Å². The molecule has 9 heteroatoms. The molecule has 1 aliphatic heterocycles. The number of carbonyl (C=O) groups is 2. The van der Waals surface area contributed by atoms with Gasteiger partial charge in [0, 0.05) is 30.0 Å². The number of likely N-dealkylation sites (tertiary alicyclic amines) is 1. The SMILES string of the molecule is CC(C)(C)OC(=O)N1CCC(F)C(c2c(-c3ccoc3)n(C(=O)OC(C)(C)C)c3cc(F)ccc23)C1. The fourth-order valence-electron chi connectivity index (χ4n) is 4.53. The van der Waals surface area contributed by atoms with E-state index in [-0.39, 0.29) is 25.0 Å². The zero-order chi connectivity index (χ0) is 26.4. The van der Waals surface area contributed by atoms with Crippen LogP contribution in [0.4, 0.5) is 18.4 Å². The maximum absolute atomic E-state index is 15.6. The molecule has 3 aromatic rings. The molecule has 1 aliphatic rings. The van der Waals surface area contributed by atoms with Crippen molar-refractivity contribution in [2.75, 3.05) is 13.1 Å². The molecule has 1 amide bonds. The topological polar surface area (TPSA) is 73.9 Å². The van der Waals surface area contributed by atoms with Crippen molar-refractivity contribution in [3.63, 3.8) is 0 Å². The highest BCUT2D eigenvalue weighted by molar-refractivity contribution is 6.00. The number of hydrogen-bond acceptors (Lipinski definition) is 5. The Morgan fingerprint density at radius 2 is 1.69 bits per heavy atom. The van der Waals surface area contributed by atoms with E-state index >= 15 is 4.39 Å². The summed E-state index contributed by atoms with van der Waals surface area (Å²) in [6.07, 6.45) is 0.405. The third-order valence-electron chi connectivity index (χ3n) is 5.89. The van der Waals surface area contributed by atoms with Crippen molar-refractivity contribution in [2.45, 2.75) is 71.3 Å². The van der Waals surface area contributed by atoms with Gasteiger partial charge in [-0.1, -0.05) is 0 Å². The molecular weight excluding hydrogens is 470 g/mol. The first-order valence-electron chi connectivity index (χ1n) is 12.0. The molecule has 2 atom stereocenters. The highest BCUT2D eigenvalue weighted by Gasteiger charge is 2.39. The van der Waals surface area contributed by atoms with Crippen LogP contribution in [0, 0.1) is 5.82 Å². The summed E-state index contributed by atoms with van der Waals surface area (Å²) in [4.78, 5) is 27.7. The molecule has 0 N–H and O–H groups in total. The number of halogens is 2. The lowest BCUT2D eigenvalue weighted by molar-refractivity contribution is 0.0135. The van der Waals surface area contributed by atoms with Crippen LogP contribution in [0.3, 0.4) is 0 Å². The maximum Gasteiger partial charge on any atom is 0.419 e. The molecular formula is C27H32F2N2O5. The van der Waals surface area contributed by atoms with Gasteiger partial charge in [0.25, 0.3) is 0 Å². The molecule has 0 bridgehead atoms. The first-order valence-corrected chi connectivity index (χ1v) is 12.0. The molecule has 3 heterocycles. The molecule has 1 aromatic carbocycles. The molecule has 7 nitrogen and oxygen atoms in total. The number of aromatic nitrogens is 1. The highest BCUT2D eigenvalue weighted by atomic mass is 19.1. The van der Waals surface area contributed by atoms with Gasteiger partial charge in [0.2, 0.25) is 0 Å². The number of furan rings is 1. The van der Waals surface area contributed by atoms with Gasteiger partial charge >= 0.3 is 12.2 Å². The number of piperidine rings is 1. The maximum atomic E-state index is 15.6. The lowest BCUT2D eigenvalue weighted by atomic mass is 9.86. The van der Waals surface area contributed by atoms with E-state index in [0.717, 1.165) is 0 Å². The monoisotopic (exact) mass is 502 g/mol. The average Bonchev–Trinajstić information content (AvgIpc) is 3.37. The van der Waals surface area contributed by atoms with Crippen LogP contribution in [0.2, 0.25) is 0 Å². The third kappa shape index (κ3) is 5.24. The second-order valence-electron chi connectivity index (χ2n) is 11.1. The van der Waals surface area contributed by atoms with Gasteiger partial charge in [-0.05, 0) is 77.8 Å². The van der Waals surface area contributed by atoms with E-state index in [4.69, 9.17) is 13.9 Å². The van der Waals surface area contributed by atoms with Gasteiger partial charge in [-0.2, -0.15) is 0 Å². The van der Waals surface area contributed by atoms with Crippen LogP contribution in [-0.2, 0) is 9.47 Å². The Morgan fingerprint density at radius 3 is 2.31 bits per heavy atom. The van der Waals surface area contributed by atoms with Crippen molar-refractivity contribution >= 4 is 23.1 Å². The van der Waals surface area contributed by atoms with Crippen molar-refractivity contribution < 1.29 is 32.3 Å². The summed E-state index contributed by atoms with van der Waals surface area (Å²) in [5.74, 6) is -1.35. The van der Waals surface area contributed by atoms with E-state index in [2.05, 4.69) is 0 Å². The Bertz CT molecular complexity index is 1270. The minimum atomic E-state index is -1.31. The van der Waals surface area contributed by atoms with Crippen molar-refractivity contribution in [1.82, 2.24) is 9.47 Å². The number of amides is 1. The summed E-state index contributed by atoms with van der Waals surface area (Å²) < 4.78 is 47.8. The van der Waals surface area contributed by atoms with Crippen LogP contribution >= 0.6 is 0 Å². The Balaban J connectivity index is 1.91. The average molecular weight is 503 g/mol. The number of benzene rings is 1. The number of alkyl halides is 1. The molecule has 0 aliphatic carbocycles. The van der Waals surface area contributed by atoms with Crippen molar-refractivity contribution in [3.05, 3.63) is 48.2 Å². The molecule has 4 rings (SSSR count). The number of ether oxygens (including phenoxy) is 2. The summed E-state index contributed by atoms with van der Waals surface area (Å²) >= 11 is 0. The molecule has 194 valence electrons. The predicted molar refractivity (Wildman–Crippen MR) is 131 cm³/mol. The second-order valence-corrected chi connectivity index (χ2v) is 11.1. The van der Waals surface area contributed by atoms with Gasteiger partial charge < -0.3 is 18.8 Å². The van der Waals surface area contributed by atoms with Crippen LogP contribution in [0.5, 0.6) is 0 Å². The Hall–Kier alpha value is -3.36. The summed E-state index contributed by atoms with van der Waals surface area (Å²) in [5.41, 5.74) is 0.0580. The smallest absolute Gasteiger partial charge is 0.419 e. The summed E-state index contributed by atoms with van der Waals surface area (Å²) in [7, 11) is 0. The van der Waals surface area contributed by atoms with Crippen molar-refractivity contribution in [3.8, 4) is 11.3 Å². The van der Waals surface area contributed by atoms with Gasteiger partial charge in [0.1, 0.15) is 23.2 Å².